The molecule has 0 fully saturated rings. The smallest absolute Gasteiger partial charge is 0.434 e. The van der Waals surface area contributed by atoms with E-state index in [1.807, 2.05) is 0 Å². The molecule has 2 aromatic heterocycles. The highest BCUT2D eigenvalue weighted by Crippen LogP contribution is 2.39. The van der Waals surface area contributed by atoms with Crippen LogP contribution in [-0.4, -0.2) is 35.4 Å². The molecule has 15 heteroatoms. The van der Waals surface area contributed by atoms with Gasteiger partial charge in [-0.3, -0.25) is 19.5 Å². The maximum absolute atomic E-state index is 14.3. The van der Waals surface area contributed by atoms with Crippen LogP contribution < -0.4 is 19.6 Å². The molecule has 0 bridgehead atoms. The minimum absolute atomic E-state index is 0.0451. The molecule has 0 saturated carbocycles. The normalized spacial score (nSPS) is 15.2. The van der Waals surface area contributed by atoms with Gasteiger partial charge in [0.15, 0.2) is 10.5 Å². The number of nitro groups is 1. The number of halogens is 4. The molecule has 3 heterocycles. The predicted molar refractivity (Wildman–Crippen MR) is 150 cm³/mol. The molecule has 1 aliphatic rings. The first-order valence-corrected chi connectivity index (χ1v) is 13.6. The van der Waals surface area contributed by atoms with Crippen LogP contribution in [-0.2, 0) is 9.53 Å². The Labute approximate surface area is 248 Å². The van der Waals surface area contributed by atoms with Crippen molar-refractivity contribution < 1.29 is 36.8 Å². The molecule has 43 heavy (non-hydrogen) atoms. The first-order valence-electron chi connectivity index (χ1n) is 12.4. The third-order valence-electron chi connectivity index (χ3n) is 6.34. The molecule has 0 saturated heterocycles. The number of hydrogen-bond acceptors (Lipinski definition) is 9. The number of aromatic nitrogens is 1. The molecule has 0 radical (unpaired) electrons. The summed E-state index contributed by atoms with van der Waals surface area (Å²) >= 11 is 6.66. The van der Waals surface area contributed by atoms with Gasteiger partial charge in [-0.25, -0.2) is 9.79 Å². The Hall–Kier alpha value is -4.69. The van der Waals surface area contributed by atoms with Gasteiger partial charge in [0.1, 0.15) is 17.3 Å². The number of fused-ring (bicyclic) bond motifs is 1. The average molecular weight is 634 g/mol. The molecule has 0 amide bonds. The summed E-state index contributed by atoms with van der Waals surface area (Å²) in [6.45, 7) is 1.24. The molecule has 1 aliphatic heterocycles. The van der Waals surface area contributed by atoms with Crippen molar-refractivity contribution in [2.45, 2.75) is 19.1 Å². The number of carbonyl (C=O) groups is 1. The zero-order valence-corrected chi connectivity index (χ0v) is 23.7. The number of thiazole rings is 1. The summed E-state index contributed by atoms with van der Waals surface area (Å²) in [6.07, 6.45) is -3.74. The van der Waals surface area contributed by atoms with Gasteiger partial charge < -0.3 is 13.9 Å². The summed E-state index contributed by atoms with van der Waals surface area (Å²) in [5.41, 5.74) is -2.81. The summed E-state index contributed by atoms with van der Waals surface area (Å²) in [5.74, 6) is -0.672. The lowest BCUT2D eigenvalue weighted by molar-refractivity contribution is -0.384. The number of rotatable bonds is 7. The van der Waals surface area contributed by atoms with Gasteiger partial charge in [0.05, 0.1) is 40.4 Å². The lowest BCUT2D eigenvalue weighted by atomic mass is 9.95. The van der Waals surface area contributed by atoms with Crippen molar-refractivity contribution in [3.8, 4) is 17.1 Å². The van der Waals surface area contributed by atoms with E-state index in [4.69, 9.17) is 25.5 Å². The van der Waals surface area contributed by atoms with Gasteiger partial charge in [0.2, 0.25) is 0 Å². The minimum atomic E-state index is -5.05. The lowest BCUT2D eigenvalue weighted by Gasteiger charge is -2.26. The molecule has 5 rings (SSSR count). The first kappa shape index (κ1) is 29.8. The van der Waals surface area contributed by atoms with Crippen LogP contribution in [0.15, 0.2) is 80.1 Å². The fraction of sp³-hybridized carbons (Fsp3) is 0.179. The highest BCUT2D eigenvalue weighted by Gasteiger charge is 2.45. The first-order chi connectivity index (χ1) is 20.4. The monoisotopic (exact) mass is 633 g/mol. The molecular weight excluding hydrogens is 615 g/mol. The largest absolute Gasteiger partial charge is 0.496 e. The van der Waals surface area contributed by atoms with E-state index < -0.39 is 39.9 Å². The molecule has 0 unspecified atom stereocenters. The zero-order valence-electron chi connectivity index (χ0n) is 22.2. The zero-order chi connectivity index (χ0) is 31.1. The Kier molecular flexibility index (Phi) is 7.99. The van der Waals surface area contributed by atoms with Crippen LogP contribution >= 0.6 is 22.9 Å². The number of ether oxygens (including phenoxy) is 2. The van der Waals surface area contributed by atoms with E-state index in [1.54, 1.807) is 0 Å². The molecule has 0 N–H and O–H groups in total. The Bertz CT molecular complexity index is 1960. The number of non-ortho nitro benzene ring substituents is 1. The van der Waals surface area contributed by atoms with E-state index in [-0.39, 0.29) is 44.3 Å². The summed E-state index contributed by atoms with van der Waals surface area (Å²) in [5, 5.41) is 11.6. The third-order valence-corrected chi connectivity index (χ3v) is 7.58. The van der Waals surface area contributed by atoms with Crippen LogP contribution in [0.4, 0.5) is 18.9 Å². The van der Waals surface area contributed by atoms with Crippen molar-refractivity contribution >= 4 is 40.7 Å². The number of nitrogens with zero attached hydrogens (tertiary/aromatic N) is 3. The Morgan fingerprint density at radius 2 is 1.93 bits per heavy atom. The number of esters is 1. The van der Waals surface area contributed by atoms with Crippen molar-refractivity contribution in [2.75, 3.05) is 13.7 Å². The van der Waals surface area contributed by atoms with E-state index in [0.717, 1.165) is 4.57 Å². The Balaban J connectivity index is 1.69. The second-order valence-electron chi connectivity index (χ2n) is 8.96. The number of methoxy groups -OCH3 is 1. The Morgan fingerprint density at radius 3 is 2.56 bits per heavy atom. The number of furan rings is 1. The van der Waals surface area contributed by atoms with Crippen molar-refractivity contribution in [3.63, 3.8) is 0 Å². The summed E-state index contributed by atoms with van der Waals surface area (Å²) < 4.78 is 59.8. The number of nitro benzene ring substituents is 1. The molecule has 0 aliphatic carbocycles. The van der Waals surface area contributed by atoms with Gasteiger partial charge in [-0.2, -0.15) is 13.2 Å². The van der Waals surface area contributed by atoms with Crippen molar-refractivity contribution in [3.05, 3.63) is 112 Å². The van der Waals surface area contributed by atoms with E-state index in [9.17, 15) is 32.9 Å². The predicted octanol–water partition coefficient (Wildman–Crippen LogP) is 5.17. The SMILES string of the molecule is CCOC(=O)C1=C(C(F)(F)F)N=c2s/c(=C\c3ccc(-c4cc([N+](=O)[O-])ccc4OC)o3)c(=O)n2[C@H]1c1ccc(Cl)cc1. The lowest BCUT2D eigenvalue weighted by Crippen LogP contribution is -2.41. The summed E-state index contributed by atoms with van der Waals surface area (Å²) in [7, 11) is 1.38. The minimum Gasteiger partial charge on any atom is -0.496 e. The second kappa shape index (κ2) is 11.5. The van der Waals surface area contributed by atoms with Crippen molar-refractivity contribution in [2.24, 2.45) is 4.99 Å². The van der Waals surface area contributed by atoms with Crippen LogP contribution in [0.3, 0.4) is 0 Å². The number of allylic oxidation sites excluding steroid dienone is 1. The topological polar surface area (TPSA) is 126 Å². The van der Waals surface area contributed by atoms with Gasteiger partial charge in [-0.05, 0) is 42.8 Å². The maximum Gasteiger partial charge on any atom is 0.434 e. The Morgan fingerprint density at radius 1 is 1.21 bits per heavy atom. The molecule has 222 valence electrons. The highest BCUT2D eigenvalue weighted by atomic mass is 35.5. The van der Waals surface area contributed by atoms with Crippen molar-refractivity contribution in [1.29, 1.82) is 0 Å². The number of hydrogen-bond donors (Lipinski definition) is 0. The van der Waals surface area contributed by atoms with Gasteiger partial charge in [-0.15, -0.1) is 0 Å². The number of alkyl halides is 3. The molecule has 2 aromatic carbocycles. The van der Waals surface area contributed by atoms with Crippen LogP contribution in [0, 0.1) is 10.1 Å². The maximum atomic E-state index is 14.3. The number of benzene rings is 2. The molecule has 10 nitrogen and oxygen atoms in total. The fourth-order valence-corrected chi connectivity index (χ4v) is 5.61. The van der Waals surface area contributed by atoms with E-state index >= 15 is 0 Å². The van der Waals surface area contributed by atoms with Crippen LogP contribution in [0.5, 0.6) is 5.75 Å². The molecule has 1 atom stereocenters. The van der Waals surface area contributed by atoms with Gasteiger partial charge in [-0.1, -0.05) is 35.1 Å². The molecule has 0 spiro atoms. The molecular formula is C28H19ClF3N3O7S. The van der Waals surface area contributed by atoms with E-state index in [0.29, 0.717) is 22.1 Å². The van der Waals surface area contributed by atoms with Gasteiger partial charge in [0.25, 0.3) is 11.2 Å². The van der Waals surface area contributed by atoms with Gasteiger partial charge in [0, 0.05) is 23.2 Å². The average Bonchev–Trinajstić information content (AvgIpc) is 3.56. The van der Waals surface area contributed by atoms with Crippen LogP contribution in [0.1, 0.15) is 24.3 Å². The highest BCUT2D eigenvalue weighted by molar-refractivity contribution is 7.07. The standard InChI is InChI=1S/C28H19ClF3N3O7S/c1-3-41-26(37)22-23(14-4-6-15(29)7-5-14)34-25(36)21(43-27(34)33-24(22)28(30,31)32)13-17-9-11-20(42-17)18-12-16(35(38)39)8-10-19(18)40-2/h4-13,23H,3H2,1-2H3/b21-13-/t23-/m0/s1. The van der Waals surface area contributed by atoms with Crippen molar-refractivity contribution in [1.82, 2.24) is 4.57 Å². The quantitative estimate of drug-likeness (QED) is 0.156. The summed E-state index contributed by atoms with van der Waals surface area (Å²) in [4.78, 5) is 40.7. The second-order valence-corrected chi connectivity index (χ2v) is 10.4. The summed E-state index contributed by atoms with van der Waals surface area (Å²) in [6, 6.07) is 11.1. The van der Waals surface area contributed by atoms with Crippen LogP contribution in [0.25, 0.3) is 17.4 Å². The van der Waals surface area contributed by atoms with E-state index in [2.05, 4.69) is 4.99 Å². The molecule has 4 aromatic rings. The fourth-order valence-electron chi connectivity index (χ4n) is 4.51. The van der Waals surface area contributed by atoms with E-state index in [1.165, 1.54) is 74.7 Å². The number of carbonyl (C=O) groups excluding carboxylic acids is 1. The third kappa shape index (κ3) is 5.70. The van der Waals surface area contributed by atoms with Crippen LogP contribution in [0.2, 0.25) is 5.02 Å². The van der Waals surface area contributed by atoms with Gasteiger partial charge >= 0.3 is 12.1 Å².